The molecular weight excluding hydrogens is 238 g/mol. The van der Waals surface area contributed by atoms with Crippen LogP contribution in [0.25, 0.3) is 6.08 Å². The molecule has 3 rings (SSSR count). The summed E-state index contributed by atoms with van der Waals surface area (Å²) in [5, 5.41) is 8.65. The Morgan fingerprint density at radius 1 is 1.42 bits per heavy atom. The molecule has 2 fully saturated rings. The lowest BCUT2D eigenvalue weighted by Gasteiger charge is -2.26. The highest BCUT2D eigenvalue weighted by Crippen LogP contribution is 2.38. The number of carboxylic acid groups (broad SMARTS) is 1. The number of likely N-dealkylation sites (tertiary alicyclic amines) is 1. The Labute approximate surface area is 113 Å². The average molecular weight is 257 g/mol. The topological polar surface area (TPSA) is 40.5 Å². The molecule has 2 bridgehead atoms. The number of piperidine rings is 1. The summed E-state index contributed by atoms with van der Waals surface area (Å²) in [6.45, 7) is 2.23. The van der Waals surface area contributed by atoms with E-state index in [-0.39, 0.29) is 0 Å². The Hall–Kier alpha value is -1.61. The number of hydrogen-bond donors (Lipinski definition) is 1. The second-order valence-electron chi connectivity index (χ2n) is 5.68. The van der Waals surface area contributed by atoms with Gasteiger partial charge in [-0.15, -0.1) is 0 Å². The van der Waals surface area contributed by atoms with Gasteiger partial charge in [0, 0.05) is 25.2 Å². The monoisotopic (exact) mass is 257 g/mol. The van der Waals surface area contributed by atoms with E-state index >= 15 is 0 Å². The van der Waals surface area contributed by atoms with Crippen LogP contribution >= 0.6 is 0 Å². The number of fused-ring (bicyclic) bond motifs is 2. The fraction of sp³-hybridized carbons (Fsp3) is 0.438. The van der Waals surface area contributed by atoms with Crippen LogP contribution in [0.15, 0.2) is 30.3 Å². The quantitative estimate of drug-likeness (QED) is 0.843. The van der Waals surface area contributed by atoms with Crippen LogP contribution in [0.3, 0.4) is 0 Å². The van der Waals surface area contributed by atoms with E-state index in [9.17, 15) is 4.79 Å². The Morgan fingerprint density at radius 2 is 2.32 bits per heavy atom. The number of carbonyl (C=O) groups is 1. The SMILES string of the molecule is O=C(O)/C=C/c1cccc(CN2CC3CCC2C3)c1. The number of nitrogens with zero attached hydrogens (tertiary/aromatic N) is 1. The first kappa shape index (κ1) is 12.4. The zero-order valence-corrected chi connectivity index (χ0v) is 11.0. The van der Waals surface area contributed by atoms with Gasteiger partial charge in [-0.1, -0.05) is 24.3 Å². The highest BCUT2D eigenvalue weighted by atomic mass is 16.4. The zero-order chi connectivity index (χ0) is 13.2. The van der Waals surface area contributed by atoms with E-state index in [1.165, 1.54) is 37.4 Å². The summed E-state index contributed by atoms with van der Waals surface area (Å²) in [6.07, 6.45) is 6.98. The van der Waals surface area contributed by atoms with Crippen molar-refractivity contribution in [1.29, 1.82) is 0 Å². The van der Waals surface area contributed by atoms with E-state index < -0.39 is 5.97 Å². The first-order valence-electron chi connectivity index (χ1n) is 6.95. The minimum atomic E-state index is -0.901. The fourth-order valence-corrected chi connectivity index (χ4v) is 3.42. The van der Waals surface area contributed by atoms with Crippen LogP contribution in [-0.2, 0) is 11.3 Å². The smallest absolute Gasteiger partial charge is 0.328 e. The van der Waals surface area contributed by atoms with Crippen molar-refractivity contribution in [1.82, 2.24) is 4.90 Å². The summed E-state index contributed by atoms with van der Waals surface area (Å²) in [7, 11) is 0. The van der Waals surface area contributed by atoms with Crippen molar-refractivity contribution in [2.75, 3.05) is 6.54 Å². The third-order valence-corrected chi connectivity index (χ3v) is 4.28. The molecule has 3 nitrogen and oxygen atoms in total. The highest BCUT2D eigenvalue weighted by Gasteiger charge is 2.37. The Morgan fingerprint density at radius 3 is 3.00 bits per heavy atom. The van der Waals surface area contributed by atoms with Gasteiger partial charge in [-0.25, -0.2) is 4.79 Å². The fourth-order valence-electron chi connectivity index (χ4n) is 3.42. The standard InChI is InChI=1S/C16H19NO2/c18-16(19)7-5-12-2-1-3-13(8-12)10-17-11-14-4-6-15(17)9-14/h1-3,5,7-8,14-15H,4,6,9-11H2,(H,18,19)/b7-5+. The maximum Gasteiger partial charge on any atom is 0.328 e. The Balaban J connectivity index is 1.68. The number of aliphatic carboxylic acids is 1. The predicted molar refractivity (Wildman–Crippen MR) is 74.7 cm³/mol. The van der Waals surface area contributed by atoms with E-state index in [1.54, 1.807) is 6.08 Å². The molecule has 2 aliphatic rings. The number of benzene rings is 1. The molecule has 1 N–H and O–H groups in total. The average Bonchev–Trinajstić information content (AvgIpc) is 2.99. The maximum atomic E-state index is 10.5. The molecule has 1 saturated heterocycles. The first-order valence-corrected chi connectivity index (χ1v) is 6.95. The van der Waals surface area contributed by atoms with Crippen LogP contribution in [-0.4, -0.2) is 28.6 Å². The van der Waals surface area contributed by atoms with Gasteiger partial charge in [-0.05, 0) is 42.4 Å². The number of rotatable bonds is 4. The largest absolute Gasteiger partial charge is 0.478 e. The van der Waals surface area contributed by atoms with E-state index in [0.717, 1.165) is 24.1 Å². The van der Waals surface area contributed by atoms with Crippen LogP contribution in [0.2, 0.25) is 0 Å². The molecule has 1 aromatic carbocycles. The van der Waals surface area contributed by atoms with E-state index in [2.05, 4.69) is 17.0 Å². The summed E-state index contributed by atoms with van der Waals surface area (Å²) >= 11 is 0. The number of carboxylic acids is 1. The summed E-state index contributed by atoms with van der Waals surface area (Å²) in [5.41, 5.74) is 2.24. The van der Waals surface area contributed by atoms with Crippen LogP contribution in [0.1, 0.15) is 30.4 Å². The molecule has 1 aliphatic carbocycles. The summed E-state index contributed by atoms with van der Waals surface area (Å²) < 4.78 is 0. The van der Waals surface area contributed by atoms with Crippen molar-refractivity contribution in [2.45, 2.75) is 31.8 Å². The second-order valence-corrected chi connectivity index (χ2v) is 5.68. The summed E-state index contributed by atoms with van der Waals surface area (Å²) in [6, 6.07) is 8.95. The van der Waals surface area contributed by atoms with Gasteiger partial charge in [0.15, 0.2) is 0 Å². The van der Waals surface area contributed by atoms with Crippen molar-refractivity contribution in [3.8, 4) is 0 Å². The van der Waals surface area contributed by atoms with Crippen molar-refractivity contribution in [3.63, 3.8) is 0 Å². The predicted octanol–water partition coefficient (Wildman–Crippen LogP) is 2.77. The molecule has 1 aromatic rings. The lowest BCUT2D eigenvalue weighted by atomic mass is 10.1. The molecule has 1 aliphatic heterocycles. The van der Waals surface area contributed by atoms with Gasteiger partial charge in [-0.2, -0.15) is 0 Å². The molecule has 2 unspecified atom stereocenters. The summed E-state index contributed by atoms with van der Waals surface area (Å²) in [5.74, 6) is 0.0161. The lowest BCUT2D eigenvalue weighted by Crippen LogP contribution is -2.31. The van der Waals surface area contributed by atoms with Gasteiger partial charge in [0.25, 0.3) is 0 Å². The van der Waals surface area contributed by atoms with Crippen molar-refractivity contribution in [2.24, 2.45) is 5.92 Å². The molecule has 3 heteroatoms. The molecule has 1 heterocycles. The van der Waals surface area contributed by atoms with Crippen LogP contribution in [0.5, 0.6) is 0 Å². The highest BCUT2D eigenvalue weighted by molar-refractivity contribution is 5.85. The van der Waals surface area contributed by atoms with Gasteiger partial charge in [0.1, 0.15) is 0 Å². The molecule has 0 spiro atoms. The molecule has 19 heavy (non-hydrogen) atoms. The Bertz CT molecular complexity index is 509. The maximum absolute atomic E-state index is 10.5. The van der Waals surface area contributed by atoms with Crippen molar-refractivity contribution in [3.05, 3.63) is 41.5 Å². The third-order valence-electron chi connectivity index (χ3n) is 4.28. The van der Waals surface area contributed by atoms with Crippen molar-refractivity contribution >= 4 is 12.0 Å². The molecule has 100 valence electrons. The van der Waals surface area contributed by atoms with Gasteiger partial charge >= 0.3 is 5.97 Å². The van der Waals surface area contributed by atoms with Crippen LogP contribution < -0.4 is 0 Å². The van der Waals surface area contributed by atoms with Crippen LogP contribution in [0.4, 0.5) is 0 Å². The zero-order valence-electron chi connectivity index (χ0n) is 11.0. The normalized spacial score (nSPS) is 26.3. The van der Waals surface area contributed by atoms with Crippen molar-refractivity contribution < 1.29 is 9.90 Å². The van der Waals surface area contributed by atoms with Gasteiger partial charge in [0.05, 0.1) is 0 Å². The lowest BCUT2D eigenvalue weighted by molar-refractivity contribution is -0.131. The molecule has 0 radical (unpaired) electrons. The minimum absolute atomic E-state index is 0.781. The molecular formula is C16H19NO2. The van der Waals surface area contributed by atoms with E-state index in [0.29, 0.717) is 0 Å². The Kier molecular flexibility index (Phi) is 3.38. The molecule has 2 atom stereocenters. The minimum Gasteiger partial charge on any atom is -0.478 e. The van der Waals surface area contributed by atoms with E-state index in [4.69, 9.17) is 5.11 Å². The van der Waals surface area contributed by atoms with Gasteiger partial charge < -0.3 is 5.11 Å². The third kappa shape index (κ3) is 2.87. The summed E-state index contributed by atoms with van der Waals surface area (Å²) in [4.78, 5) is 13.1. The number of hydrogen-bond acceptors (Lipinski definition) is 2. The molecule has 0 aromatic heterocycles. The molecule has 0 amide bonds. The molecule has 1 saturated carbocycles. The van der Waals surface area contributed by atoms with Gasteiger partial charge in [0.2, 0.25) is 0 Å². The van der Waals surface area contributed by atoms with Gasteiger partial charge in [-0.3, -0.25) is 4.90 Å². The van der Waals surface area contributed by atoms with E-state index in [1.807, 2.05) is 12.1 Å². The van der Waals surface area contributed by atoms with Crippen LogP contribution in [0, 0.1) is 5.92 Å². The first-order chi connectivity index (χ1) is 9.20. The second kappa shape index (κ2) is 5.17.